The third kappa shape index (κ3) is 1.67. The summed E-state index contributed by atoms with van der Waals surface area (Å²) in [6, 6.07) is 0. The van der Waals surface area contributed by atoms with Gasteiger partial charge in [-0.15, -0.1) is 0 Å². The molecule has 2 fully saturated rings. The summed E-state index contributed by atoms with van der Waals surface area (Å²) in [6.07, 6.45) is 12.1. The summed E-state index contributed by atoms with van der Waals surface area (Å²) in [5, 5.41) is 0. The maximum absolute atomic E-state index is 2.30. The van der Waals surface area contributed by atoms with Gasteiger partial charge in [-0.3, -0.25) is 0 Å². The number of fused-ring (bicyclic) bond motifs is 1. The van der Waals surface area contributed by atoms with Gasteiger partial charge in [-0.05, 0) is 37.0 Å². The fourth-order valence-corrected chi connectivity index (χ4v) is 3.20. The van der Waals surface area contributed by atoms with Crippen LogP contribution in [0, 0.1) is 17.8 Å². The average molecular weight is 166 g/mol. The summed E-state index contributed by atoms with van der Waals surface area (Å²) in [6.45, 7) is 2.30. The Bertz CT molecular complexity index is 129. The number of hydrogen-bond acceptors (Lipinski definition) is 0. The van der Waals surface area contributed by atoms with Gasteiger partial charge in [0, 0.05) is 0 Å². The van der Waals surface area contributed by atoms with E-state index in [0.29, 0.717) is 0 Å². The van der Waals surface area contributed by atoms with E-state index in [0.717, 1.165) is 0 Å². The maximum Gasteiger partial charge on any atom is -0.0352 e. The van der Waals surface area contributed by atoms with Gasteiger partial charge in [0.15, 0.2) is 0 Å². The Kier molecular flexibility index (Phi) is 2.73. The molecule has 2 aliphatic rings. The quantitative estimate of drug-likeness (QED) is 0.541. The molecule has 0 nitrogen and oxygen atoms in total. The molecule has 2 atom stereocenters. The van der Waals surface area contributed by atoms with Crippen molar-refractivity contribution in [1.29, 1.82) is 0 Å². The lowest BCUT2D eigenvalue weighted by molar-refractivity contribution is 0.512. The van der Waals surface area contributed by atoms with Crippen molar-refractivity contribution in [3.05, 3.63) is 0 Å². The first-order chi connectivity index (χ1) is 5.93. The van der Waals surface area contributed by atoms with Crippen molar-refractivity contribution in [2.75, 3.05) is 0 Å². The van der Waals surface area contributed by atoms with E-state index in [1.165, 1.54) is 43.4 Å². The molecule has 0 aliphatic heterocycles. The number of hydrogen-bond donors (Lipinski definition) is 0. The van der Waals surface area contributed by atoms with E-state index in [4.69, 9.17) is 0 Å². The minimum absolute atomic E-state index is 1.19. The molecule has 2 aliphatic carbocycles. The van der Waals surface area contributed by atoms with Crippen molar-refractivity contribution in [3.8, 4) is 0 Å². The van der Waals surface area contributed by atoms with Crippen LogP contribution in [0.25, 0.3) is 0 Å². The van der Waals surface area contributed by atoms with Crippen LogP contribution < -0.4 is 0 Å². The van der Waals surface area contributed by atoms with Crippen LogP contribution in [0.15, 0.2) is 0 Å². The smallest absolute Gasteiger partial charge is 0.0352 e. The summed E-state index contributed by atoms with van der Waals surface area (Å²) in [7, 11) is 0. The second kappa shape index (κ2) is 3.81. The molecular formula is C12H22. The molecular weight excluding hydrogens is 144 g/mol. The lowest BCUT2D eigenvalue weighted by Crippen LogP contribution is -1.87. The van der Waals surface area contributed by atoms with Crippen molar-refractivity contribution in [2.45, 2.75) is 58.3 Å². The molecule has 0 aromatic rings. The van der Waals surface area contributed by atoms with Gasteiger partial charge in [-0.25, -0.2) is 0 Å². The van der Waals surface area contributed by atoms with Crippen molar-refractivity contribution in [1.82, 2.24) is 0 Å². The molecule has 0 bridgehead atoms. The van der Waals surface area contributed by atoms with Gasteiger partial charge >= 0.3 is 0 Å². The second-order valence-corrected chi connectivity index (χ2v) is 4.77. The van der Waals surface area contributed by atoms with E-state index in [1.807, 2.05) is 0 Å². The molecule has 70 valence electrons. The van der Waals surface area contributed by atoms with E-state index in [1.54, 1.807) is 25.7 Å². The van der Waals surface area contributed by atoms with Gasteiger partial charge in [0.25, 0.3) is 0 Å². The van der Waals surface area contributed by atoms with Crippen LogP contribution in [0.2, 0.25) is 0 Å². The molecule has 0 aromatic heterocycles. The van der Waals surface area contributed by atoms with Crippen LogP contribution in [-0.4, -0.2) is 0 Å². The lowest BCUT2D eigenvalue weighted by Gasteiger charge is -2.01. The number of unbranched alkanes of at least 4 members (excludes halogenated alkanes) is 3. The molecule has 12 heavy (non-hydrogen) atoms. The topological polar surface area (TPSA) is 0 Å². The van der Waals surface area contributed by atoms with Crippen LogP contribution in [0.5, 0.6) is 0 Å². The summed E-state index contributed by atoms with van der Waals surface area (Å²) in [5.41, 5.74) is 0. The Morgan fingerprint density at radius 1 is 1.00 bits per heavy atom. The Labute approximate surface area is 76.7 Å². The standard InChI is InChI=1S/C12H22/c1-2-3-4-5-7-10-11-8-6-9-12(10)11/h10-12H,2-9H2,1H3. The zero-order chi connectivity index (χ0) is 8.39. The Hall–Kier alpha value is 0. The Morgan fingerprint density at radius 2 is 1.75 bits per heavy atom. The van der Waals surface area contributed by atoms with Crippen LogP contribution in [-0.2, 0) is 0 Å². The first kappa shape index (κ1) is 8.59. The van der Waals surface area contributed by atoms with E-state index in [-0.39, 0.29) is 0 Å². The highest BCUT2D eigenvalue weighted by atomic mass is 14.6. The lowest BCUT2D eigenvalue weighted by atomic mass is 10.0. The third-order valence-electron chi connectivity index (χ3n) is 3.97. The summed E-state index contributed by atoms with van der Waals surface area (Å²) < 4.78 is 0. The van der Waals surface area contributed by atoms with Crippen LogP contribution in [0.1, 0.15) is 58.3 Å². The molecule has 0 heteroatoms. The summed E-state index contributed by atoms with van der Waals surface area (Å²) >= 11 is 0. The highest BCUT2D eigenvalue weighted by molar-refractivity contribution is 5.00. The molecule has 2 saturated carbocycles. The maximum atomic E-state index is 2.30. The van der Waals surface area contributed by atoms with E-state index >= 15 is 0 Å². The molecule has 0 aromatic carbocycles. The van der Waals surface area contributed by atoms with Gasteiger partial charge in [0.2, 0.25) is 0 Å². The molecule has 0 N–H and O–H groups in total. The summed E-state index contributed by atoms with van der Waals surface area (Å²) in [4.78, 5) is 0. The third-order valence-corrected chi connectivity index (χ3v) is 3.97. The largest absolute Gasteiger partial charge is 0.0654 e. The monoisotopic (exact) mass is 166 g/mol. The molecule has 0 radical (unpaired) electrons. The summed E-state index contributed by atoms with van der Waals surface area (Å²) in [5.74, 6) is 3.59. The Balaban J connectivity index is 1.52. The molecule has 0 heterocycles. The zero-order valence-corrected chi connectivity index (χ0v) is 8.39. The first-order valence-electron chi connectivity index (χ1n) is 5.93. The van der Waals surface area contributed by atoms with Crippen molar-refractivity contribution in [2.24, 2.45) is 17.8 Å². The molecule has 0 saturated heterocycles. The molecule has 2 rings (SSSR count). The predicted octanol–water partition coefficient (Wildman–Crippen LogP) is 4.00. The van der Waals surface area contributed by atoms with Crippen LogP contribution >= 0.6 is 0 Å². The molecule has 2 unspecified atom stereocenters. The normalized spacial score (nSPS) is 38.2. The van der Waals surface area contributed by atoms with Gasteiger partial charge < -0.3 is 0 Å². The van der Waals surface area contributed by atoms with Crippen molar-refractivity contribution in [3.63, 3.8) is 0 Å². The van der Waals surface area contributed by atoms with Gasteiger partial charge in [-0.1, -0.05) is 39.0 Å². The van der Waals surface area contributed by atoms with Gasteiger partial charge in [-0.2, -0.15) is 0 Å². The van der Waals surface area contributed by atoms with Gasteiger partial charge in [0.05, 0.1) is 0 Å². The van der Waals surface area contributed by atoms with Crippen molar-refractivity contribution < 1.29 is 0 Å². The Morgan fingerprint density at radius 3 is 2.42 bits per heavy atom. The average Bonchev–Trinajstić information content (AvgIpc) is 2.57. The molecule has 0 amide bonds. The minimum Gasteiger partial charge on any atom is -0.0654 e. The minimum atomic E-state index is 1.19. The van der Waals surface area contributed by atoms with Crippen LogP contribution in [0.4, 0.5) is 0 Å². The predicted molar refractivity (Wildman–Crippen MR) is 53.1 cm³/mol. The highest BCUT2D eigenvalue weighted by Crippen LogP contribution is 2.59. The second-order valence-electron chi connectivity index (χ2n) is 4.77. The highest BCUT2D eigenvalue weighted by Gasteiger charge is 2.51. The van der Waals surface area contributed by atoms with Crippen molar-refractivity contribution >= 4 is 0 Å². The number of rotatable bonds is 5. The fourth-order valence-electron chi connectivity index (χ4n) is 3.20. The fraction of sp³-hybridized carbons (Fsp3) is 1.00. The zero-order valence-electron chi connectivity index (χ0n) is 8.39. The van der Waals surface area contributed by atoms with E-state index < -0.39 is 0 Å². The van der Waals surface area contributed by atoms with E-state index in [9.17, 15) is 0 Å². The van der Waals surface area contributed by atoms with Crippen LogP contribution in [0.3, 0.4) is 0 Å². The molecule has 0 spiro atoms. The van der Waals surface area contributed by atoms with E-state index in [2.05, 4.69) is 6.92 Å². The SMILES string of the molecule is CCCCCCC1C2CCCC12. The first-order valence-corrected chi connectivity index (χ1v) is 5.93. The van der Waals surface area contributed by atoms with Gasteiger partial charge in [0.1, 0.15) is 0 Å².